The van der Waals surface area contributed by atoms with Gasteiger partial charge in [0.25, 0.3) is 0 Å². The molecule has 3 rings (SSSR count). The van der Waals surface area contributed by atoms with E-state index in [1.807, 2.05) is 12.1 Å². The first kappa shape index (κ1) is 19.9. The van der Waals surface area contributed by atoms with Crippen LogP contribution in [0.2, 0.25) is 0 Å². The van der Waals surface area contributed by atoms with Gasteiger partial charge in [-0.2, -0.15) is 9.57 Å². The standard InChI is InChI=1S/C19H17F2N3O3S/c20-16-4-5-19(18(21)11-16)28(25,26)24-8-6-17(7-9-24)23-27-13-15-3-1-2-14(10-15)12-22/h1-6,10-11,23H,7-9,13H2. The first-order valence-electron chi connectivity index (χ1n) is 8.41. The first-order chi connectivity index (χ1) is 13.4. The lowest BCUT2D eigenvalue weighted by atomic mass is 10.1. The number of benzene rings is 2. The Balaban J connectivity index is 1.58. The SMILES string of the molecule is N#Cc1cccc(CONC2=CCN(S(=O)(=O)c3ccc(F)cc3F)CC2)c1. The van der Waals surface area contributed by atoms with Gasteiger partial charge >= 0.3 is 0 Å². The maximum Gasteiger partial charge on any atom is 0.246 e. The summed E-state index contributed by atoms with van der Waals surface area (Å²) in [6.45, 7) is 0.398. The van der Waals surface area contributed by atoms with Gasteiger partial charge in [-0.25, -0.2) is 17.2 Å². The normalized spacial score (nSPS) is 15.0. The van der Waals surface area contributed by atoms with Crippen molar-refractivity contribution in [2.45, 2.75) is 17.9 Å². The van der Waals surface area contributed by atoms with Crippen LogP contribution >= 0.6 is 0 Å². The van der Waals surface area contributed by atoms with E-state index in [0.29, 0.717) is 23.7 Å². The number of nitrogens with one attached hydrogen (secondary N) is 1. The van der Waals surface area contributed by atoms with Crippen LogP contribution in [0, 0.1) is 23.0 Å². The topological polar surface area (TPSA) is 82.4 Å². The molecule has 0 unspecified atom stereocenters. The van der Waals surface area contributed by atoms with E-state index in [0.717, 1.165) is 22.0 Å². The highest BCUT2D eigenvalue weighted by atomic mass is 32.2. The van der Waals surface area contributed by atoms with Gasteiger partial charge in [0.05, 0.1) is 18.2 Å². The molecule has 1 aliphatic rings. The van der Waals surface area contributed by atoms with Crippen LogP contribution < -0.4 is 5.48 Å². The highest BCUT2D eigenvalue weighted by Gasteiger charge is 2.29. The molecule has 0 atom stereocenters. The van der Waals surface area contributed by atoms with Gasteiger partial charge in [-0.15, -0.1) is 0 Å². The van der Waals surface area contributed by atoms with Crippen LogP contribution in [0.1, 0.15) is 17.5 Å². The fraction of sp³-hybridized carbons (Fsp3) is 0.211. The van der Waals surface area contributed by atoms with E-state index >= 15 is 0 Å². The Labute approximate surface area is 161 Å². The van der Waals surface area contributed by atoms with Crippen molar-refractivity contribution in [3.05, 3.63) is 77.0 Å². The summed E-state index contributed by atoms with van der Waals surface area (Å²) in [4.78, 5) is 4.85. The van der Waals surface area contributed by atoms with Gasteiger partial charge in [0.15, 0.2) is 0 Å². The van der Waals surface area contributed by atoms with Crippen molar-refractivity contribution in [2.24, 2.45) is 0 Å². The number of halogens is 2. The second kappa shape index (κ2) is 8.48. The predicted octanol–water partition coefficient (Wildman–Crippen LogP) is 2.84. The van der Waals surface area contributed by atoms with Gasteiger partial charge in [0.2, 0.25) is 10.0 Å². The zero-order chi connectivity index (χ0) is 20.1. The third-order valence-electron chi connectivity index (χ3n) is 4.18. The smallest absolute Gasteiger partial charge is 0.246 e. The van der Waals surface area contributed by atoms with Crippen LogP contribution in [0.4, 0.5) is 8.78 Å². The average molecular weight is 405 g/mol. The van der Waals surface area contributed by atoms with E-state index in [-0.39, 0.29) is 19.7 Å². The van der Waals surface area contributed by atoms with E-state index < -0.39 is 26.6 Å². The minimum atomic E-state index is -4.06. The van der Waals surface area contributed by atoms with Crippen molar-refractivity contribution >= 4 is 10.0 Å². The molecule has 0 saturated carbocycles. The Morgan fingerprint density at radius 1 is 1.21 bits per heavy atom. The summed E-state index contributed by atoms with van der Waals surface area (Å²) in [7, 11) is -4.06. The molecular formula is C19H17F2N3O3S. The van der Waals surface area contributed by atoms with Crippen LogP contribution in [0.15, 0.2) is 59.1 Å². The van der Waals surface area contributed by atoms with Crippen LogP contribution in [0.5, 0.6) is 0 Å². The van der Waals surface area contributed by atoms with Crippen molar-refractivity contribution in [1.82, 2.24) is 9.79 Å². The second-order valence-electron chi connectivity index (χ2n) is 6.12. The van der Waals surface area contributed by atoms with Gasteiger partial charge in [0.1, 0.15) is 16.5 Å². The third-order valence-corrected chi connectivity index (χ3v) is 6.08. The molecule has 0 aliphatic carbocycles. The largest absolute Gasteiger partial charge is 0.272 e. The molecule has 1 aliphatic heterocycles. The molecule has 6 nitrogen and oxygen atoms in total. The Bertz CT molecular complexity index is 1050. The molecule has 9 heteroatoms. The van der Waals surface area contributed by atoms with E-state index in [1.165, 1.54) is 0 Å². The molecule has 2 aromatic rings. The third kappa shape index (κ3) is 4.54. The summed E-state index contributed by atoms with van der Waals surface area (Å²) in [6, 6.07) is 11.4. The molecule has 0 fully saturated rings. The van der Waals surface area contributed by atoms with Crippen molar-refractivity contribution in [1.29, 1.82) is 5.26 Å². The summed E-state index contributed by atoms with van der Waals surface area (Å²) in [5.41, 5.74) is 4.82. The van der Waals surface area contributed by atoms with Crippen LogP contribution in [-0.4, -0.2) is 25.8 Å². The number of hydrogen-bond donors (Lipinski definition) is 1. The zero-order valence-electron chi connectivity index (χ0n) is 14.7. The summed E-state index contributed by atoms with van der Waals surface area (Å²) < 4.78 is 53.1. The van der Waals surface area contributed by atoms with Crippen molar-refractivity contribution in [3.8, 4) is 6.07 Å². The van der Waals surface area contributed by atoms with Gasteiger partial charge < -0.3 is 0 Å². The van der Waals surface area contributed by atoms with Crippen LogP contribution in [-0.2, 0) is 21.5 Å². The molecule has 2 aromatic carbocycles. The Morgan fingerprint density at radius 3 is 2.71 bits per heavy atom. The molecule has 146 valence electrons. The van der Waals surface area contributed by atoms with Crippen LogP contribution in [0.3, 0.4) is 0 Å². The monoisotopic (exact) mass is 405 g/mol. The number of sulfonamides is 1. The van der Waals surface area contributed by atoms with Gasteiger partial charge in [-0.1, -0.05) is 12.1 Å². The van der Waals surface area contributed by atoms with E-state index in [1.54, 1.807) is 24.3 Å². The molecule has 28 heavy (non-hydrogen) atoms. The lowest BCUT2D eigenvalue weighted by Crippen LogP contribution is -2.37. The maximum absolute atomic E-state index is 13.8. The van der Waals surface area contributed by atoms with Crippen LogP contribution in [0.25, 0.3) is 0 Å². The zero-order valence-corrected chi connectivity index (χ0v) is 15.5. The summed E-state index contributed by atoms with van der Waals surface area (Å²) in [5, 5.41) is 8.88. The molecule has 0 amide bonds. The molecule has 0 aromatic heterocycles. The Hall–Kier alpha value is -2.80. The summed E-state index contributed by atoms with van der Waals surface area (Å²) >= 11 is 0. The quantitative estimate of drug-likeness (QED) is 0.748. The molecule has 0 spiro atoms. The first-order valence-corrected chi connectivity index (χ1v) is 9.85. The van der Waals surface area contributed by atoms with Gasteiger partial charge in [0, 0.05) is 31.3 Å². The fourth-order valence-electron chi connectivity index (χ4n) is 2.73. The molecule has 0 bridgehead atoms. The number of nitriles is 1. The lowest BCUT2D eigenvalue weighted by molar-refractivity contribution is 0.0453. The Kier molecular flexibility index (Phi) is 6.04. The fourth-order valence-corrected chi connectivity index (χ4v) is 4.15. The molecule has 0 saturated heterocycles. The number of hydrogen-bond acceptors (Lipinski definition) is 5. The minimum Gasteiger partial charge on any atom is -0.272 e. The number of hydroxylamine groups is 1. The van der Waals surface area contributed by atoms with E-state index in [4.69, 9.17) is 10.1 Å². The molecule has 0 radical (unpaired) electrons. The van der Waals surface area contributed by atoms with E-state index in [9.17, 15) is 17.2 Å². The summed E-state index contributed by atoms with van der Waals surface area (Å²) in [5.74, 6) is -1.95. The maximum atomic E-state index is 13.8. The van der Waals surface area contributed by atoms with Gasteiger partial charge in [-0.3, -0.25) is 10.3 Å². The van der Waals surface area contributed by atoms with Crippen molar-refractivity contribution in [3.63, 3.8) is 0 Å². The highest BCUT2D eigenvalue weighted by Crippen LogP contribution is 2.23. The second-order valence-corrected chi connectivity index (χ2v) is 8.03. The molecular weight excluding hydrogens is 388 g/mol. The number of rotatable bonds is 6. The summed E-state index contributed by atoms with van der Waals surface area (Å²) in [6.07, 6.45) is 1.98. The molecule has 1 N–H and O–H groups in total. The minimum absolute atomic E-state index is 0.0365. The van der Waals surface area contributed by atoms with Crippen molar-refractivity contribution < 1.29 is 22.0 Å². The molecule has 1 heterocycles. The highest BCUT2D eigenvalue weighted by molar-refractivity contribution is 7.89. The lowest BCUT2D eigenvalue weighted by Gasteiger charge is -2.26. The van der Waals surface area contributed by atoms with Crippen molar-refractivity contribution in [2.75, 3.05) is 13.1 Å². The predicted molar refractivity (Wildman–Crippen MR) is 96.9 cm³/mol. The number of nitrogens with zero attached hydrogens (tertiary/aromatic N) is 2. The van der Waals surface area contributed by atoms with E-state index in [2.05, 4.69) is 5.48 Å². The average Bonchev–Trinajstić information content (AvgIpc) is 2.68. The van der Waals surface area contributed by atoms with Gasteiger partial charge in [-0.05, 0) is 35.9 Å². The Morgan fingerprint density at radius 2 is 2.04 bits per heavy atom.